The molecular weight excluding hydrogens is 374 g/mol. The van der Waals surface area contributed by atoms with Gasteiger partial charge in [0, 0.05) is 23.3 Å². The van der Waals surface area contributed by atoms with Crippen molar-refractivity contribution < 1.29 is 4.79 Å². The van der Waals surface area contributed by atoms with Crippen LogP contribution in [-0.2, 0) is 0 Å². The van der Waals surface area contributed by atoms with E-state index in [1.807, 2.05) is 41.5 Å². The zero-order valence-corrected chi connectivity index (χ0v) is 16.5. The Morgan fingerprint density at radius 1 is 1.03 bits per heavy atom. The van der Waals surface area contributed by atoms with Crippen LogP contribution < -0.4 is 5.32 Å². The molecule has 2 fully saturated rings. The van der Waals surface area contributed by atoms with Crippen LogP contribution in [0.2, 0.25) is 0 Å². The van der Waals surface area contributed by atoms with Gasteiger partial charge in [-0.15, -0.1) is 0 Å². The summed E-state index contributed by atoms with van der Waals surface area (Å²) in [5.41, 5.74) is 6.05. The summed E-state index contributed by atoms with van der Waals surface area (Å²) < 4.78 is 2.00. The highest BCUT2D eigenvalue weighted by Crippen LogP contribution is 2.45. The van der Waals surface area contributed by atoms with E-state index in [1.54, 1.807) is 0 Å². The van der Waals surface area contributed by atoms with E-state index in [4.69, 9.17) is 0 Å². The molecule has 0 amide bonds. The number of benzene rings is 2. The molecule has 0 spiro atoms. The molecule has 148 valence electrons. The molecule has 0 unspecified atom stereocenters. The molecule has 0 atom stereocenters. The predicted molar refractivity (Wildman–Crippen MR) is 116 cm³/mol. The summed E-state index contributed by atoms with van der Waals surface area (Å²) in [6, 6.07) is 12.8. The van der Waals surface area contributed by atoms with Crippen molar-refractivity contribution >= 4 is 28.8 Å². The number of rotatable bonds is 6. The zero-order valence-electron chi connectivity index (χ0n) is 16.5. The number of carbonyl (C=O) groups is 1. The van der Waals surface area contributed by atoms with Crippen molar-refractivity contribution in [2.45, 2.75) is 37.6 Å². The molecule has 2 aliphatic rings. The normalized spacial score (nSPS) is 16.0. The molecule has 0 bridgehead atoms. The number of fused-ring (bicyclic) bond motifs is 1. The summed E-state index contributed by atoms with van der Waals surface area (Å²) in [4.78, 5) is 20.5. The fourth-order valence-corrected chi connectivity index (χ4v) is 3.98. The second kappa shape index (κ2) is 6.76. The first-order valence-electron chi connectivity index (χ1n) is 10.4. The highest BCUT2D eigenvalue weighted by atomic mass is 16.1. The smallest absolute Gasteiger partial charge is 0.227 e. The van der Waals surface area contributed by atoms with E-state index in [1.165, 1.54) is 31.2 Å². The van der Waals surface area contributed by atoms with Gasteiger partial charge in [0.25, 0.3) is 0 Å². The van der Waals surface area contributed by atoms with Gasteiger partial charge in [-0.3, -0.25) is 9.48 Å². The van der Waals surface area contributed by atoms with Crippen molar-refractivity contribution in [3.8, 4) is 11.1 Å². The Bertz CT molecular complexity index is 1270. The van der Waals surface area contributed by atoms with Gasteiger partial charge in [-0.2, -0.15) is 5.10 Å². The lowest BCUT2D eigenvalue weighted by molar-refractivity contribution is 0.112. The predicted octanol–water partition coefficient (Wildman–Crippen LogP) is 5.26. The van der Waals surface area contributed by atoms with Crippen LogP contribution in [0.25, 0.3) is 22.0 Å². The molecule has 2 aromatic carbocycles. The molecule has 6 rings (SSSR count). The quantitative estimate of drug-likeness (QED) is 0.451. The Balaban J connectivity index is 1.32. The molecule has 2 aliphatic carbocycles. The molecule has 1 N–H and O–H groups in total. The molecule has 0 saturated heterocycles. The van der Waals surface area contributed by atoms with E-state index >= 15 is 0 Å². The van der Waals surface area contributed by atoms with Crippen LogP contribution in [0.4, 0.5) is 11.6 Å². The number of hydrogen-bond acceptors (Lipinski definition) is 5. The zero-order chi connectivity index (χ0) is 20.1. The second-order valence-electron chi connectivity index (χ2n) is 8.27. The Labute approximate surface area is 174 Å². The van der Waals surface area contributed by atoms with Gasteiger partial charge in [0.05, 0.1) is 23.4 Å². The third kappa shape index (κ3) is 3.24. The van der Waals surface area contributed by atoms with E-state index in [2.05, 4.69) is 38.6 Å². The van der Waals surface area contributed by atoms with E-state index in [-0.39, 0.29) is 0 Å². The maximum atomic E-state index is 11.3. The van der Waals surface area contributed by atoms with Gasteiger partial charge in [0.2, 0.25) is 5.95 Å². The number of anilines is 2. The van der Waals surface area contributed by atoms with Gasteiger partial charge < -0.3 is 5.32 Å². The SMILES string of the molecule is O=Cc1ccc(C2CC2)c(-c2ccc3nc(Nc4cnn(C5CC5)c4)ncc3c2)c1. The maximum absolute atomic E-state index is 11.3. The van der Waals surface area contributed by atoms with Crippen LogP contribution in [0.3, 0.4) is 0 Å². The van der Waals surface area contributed by atoms with Gasteiger partial charge in [-0.1, -0.05) is 18.2 Å². The number of nitrogens with zero attached hydrogens (tertiary/aromatic N) is 4. The fourth-order valence-electron chi connectivity index (χ4n) is 3.98. The van der Waals surface area contributed by atoms with Gasteiger partial charge in [0.15, 0.2) is 0 Å². The lowest BCUT2D eigenvalue weighted by atomic mass is 9.94. The molecule has 6 nitrogen and oxygen atoms in total. The Morgan fingerprint density at radius 2 is 1.93 bits per heavy atom. The summed E-state index contributed by atoms with van der Waals surface area (Å²) in [6.45, 7) is 0. The average Bonchev–Trinajstić information content (AvgIpc) is 3.72. The van der Waals surface area contributed by atoms with E-state index in [0.717, 1.165) is 34.0 Å². The van der Waals surface area contributed by atoms with Crippen molar-refractivity contribution in [3.63, 3.8) is 0 Å². The molecule has 4 aromatic rings. The van der Waals surface area contributed by atoms with Crippen LogP contribution in [0.1, 0.15) is 53.6 Å². The van der Waals surface area contributed by atoms with Gasteiger partial charge in [0.1, 0.15) is 6.29 Å². The maximum Gasteiger partial charge on any atom is 0.227 e. The fraction of sp³-hybridized carbons (Fsp3) is 0.250. The standard InChI is InChI=1S/C24H21N5O/c30-14-15-1-7-21(16-2-3-16)22(9-15)17-4-8-23-18(10-17)11-25-24(28-23)27-19-12-26-29(13-19)20-5-6-20/h1,4,7-14,16,20H,2-3,5-6H2,(H,25,27,28). The minimum atomic E-state index is 0.551. The number of carbonyl (C=O) groups excluding carboxylic acids is 1. The Kier molecular flexibility index (Phi) is 3.91. The van der Waals surface area contributed by atoms with Crippen LogP contribution >= 0.6 is 0 Å². The molecule has 6 heteroatoms. The van der Waals surface area contributed by atoms with Gasteiger partial charge >= 0.3 is 0 Å². The van der Waals surface area contributed by atoms with Crippen molar-refractivity contribution in [1.29, 1.82) is 0 Å². The molecule has 0 aliphatic heterocycles. The van der Waals surface area contributed by atoms with Crippen molar-refractivity contribution in [2.24, 2.45) is 0 Å². The number of hydrogen-bond donors (Lipinski definition) is 1. The average molecular weight is 395 g/mol. The molecular formula is C24H21N5O. The van der Waals surface area contributed by atoms with Gasteiger partial charge in [-0.25, -0.2) is 9.97 Å². The molecule has 2 heterocycles. The second-order valence-corrected chi connectivity index (χ2v) is 8.27. The summed E-state index contributed by atoms with van der Waals surface area (Å²) in [5.74, 6) is 1.17. The van der Waals surface area contributed by atoms with Crippen molar-refractivity contribution in [1.82, 2.24) is 19.7 Å². The third-order valence-corrected chi connectivity index (χ3v) is 5.90. The van der Waals surface area contributed by atoms with Crippen LogP contribution in [0, 0.1) is 0 Å². The minimum Gasteiger partial charge on any atom is -0.321 e. The van der Waals surface area contributed by atoms with Crippen molar-refractivity contribution in [2.75, 3.05) is 5.32 Å². The number of aromatic nitrogens is 4. The molecule has 30 heavy (non-hydrogen) atoms. The minimum absolute atomic E-state index is 0.551. The number of nitrogens with one attached hydrogen (secondary N) is 1. The summed E-state index contributed by atoms with van der Waals surface area (Å²) >= 11 is 0. The summed E-state index contributed by atoms with van der Waals surface area (Å²) in [6.07, 6.45) is 11.4. The first-order valence-corrected chi connectivity index (χ1v) is 10.4. The largest absolute Gasteiger partial charge is 0.321 e. The van der Waals surface area contributed by atoms with E-state index in [9.17, 15) is 4.79 Å². The van der Waals surface area contributed by atoms with Crippen LogP contribution in [-0.4, -0.2) is 26.0 Å². The first-order chi connectivity index (χ1) is 14.8. The summed E-state index contributed by atoms with van der Waals surface area (Å²) in [7, 11) is 0. The highest BCUT2D eigenvalue weighted by molar-refractivity contribution is 5.87. The lowest BCUT2D eigenvalue weighted by Gasteiger charge is -2.11. The lowest BCUT2D eigenvalue weighted by Crippen LogP contribution is -1.97. The first kappa shape index (κ1) is 17.3. The summed E-state index contributed by atoms with van der Waals surface area (Å²) in [5, 5.41) is 8.62. The molecule has 2 aromatic heterocycles. The topological polar surface area (TPSA) is 72.7 Å². The molecule has 2 saturated carbocycles. The van der Waals surface area contributed by atoms with E-state index < -0.39 is 0 Å². The van der Waals surface area contributed by atoms with E-state index in [0.29, 0.717) is 23.5 Å². The Morgan fingerprint density at radius 3 is 2.73 bits per heavy atom. The van der Waals surface area contributed by atoms with Crippen molar-refractivity contribution in [3.05, 3.63) is 66.1 Å². The third-order valence-electron chi connectivity index (χ3n) is 5.90. The Hall–Kier alpha value is -3.54. The van der Waals surface area contributed by atoms with Crippen LogP contribution in [0.15, 0.2) is 55.0 Å². The highest BCUT2D eigenvalue weighted by Gasteiger charge is 2.26. The molecule has 0 radical (unpaired) electrons. The van der Waals surface area contributed by atoms with Gasteiger partial charge in [-0.05, 0) is 66.5 Å². The van der Waals surface area contributed by atoms with Crippen LogP contribution in [0.5, 0.6) is 0 Å². The number of aldehydes is 1. The monoisotopic (exact) mass is 395 g/mol.